The van der Waals surface area contributed by atoms with Crippen LogP contribution in [0.5, 0.6) is 5.75 Å². The topological polar surface area (TPSA) is 29.5 Å². The van der Waals surface area contributed by atoms with E-state index in [0.717, 1.165) is 34.2 Å². The first-order chi connectivity index (χ1) is 7.15. The Morgan fingerprint density at radius 2 is 2.07 bits per heavy atom. The summed E-state index contributed by atoms with van der Waals surface area (Å²) in [6.07, 6.45) is 1.49. The largest absolute Gasteiger partial charge is 0.496 e. The molecule has 1 aliphatic rings. The van der Waals surface area contributed by atoms with E-state index >= 15 is 0 Å². The quantitative estimate of drug-likeness (QED) is 0.848. The molecule has 1 aromatic rings. The molecule has 2 rings (SSSR count). The van der Waals surface area contributed by atoms with Crippen LogP contribution in [-0.4, -0.2) is 12.2 Å². The number of hydrogen-bond acceptors (Lipinski definition) is 2. The summed E-state index contributed by atoms with van der Waals surface area (Å²) >= 11 is 3.50. The van der Waals surface area contributed by atoms with Crippen LogP contribution in [0.4, 0.5) is 0 Å². The van der Waals surface area contributed by atoms with Crippen LogP contribution in [0.1, 0.15) is 42.9 Å². The smallest absolute Gasteiger partial charge is 0.122 e. The number of fused-ring (bicyclic) bond motifs is 1. The third kappa shape index (κ3) is 1.79. The van der Waals surface area contributed by atoms with Gasteiger partial charge in [-0.05, 0) is 30.9 Å². The van der Waals surface area contributed by atoms with Crippen LogP contribution < -0.4 is 4.74 Å². The molecule has 3 heteroatoms. The van der Waals surface area contributed by atoms with Gasteiger partial charge in [0.25, 0.3) is 0 Å². The van der Waals surface area contributed by atoms with Crippen molar-refractivity contribution in [2.45, 2.75) is 31.8 Å². The molecule has 1 aromatic carbocycles. The van der Waals surface area contributed by atoms with Crippen molar-refractivity contribution in [3.63, 3.8) is 0 Å². The fourth-order valence-corrected chi connectivity index (χ4v) is 2.92. The Balaban J connectivity index is 2.63. The third-order valence-electron chi connectivity index (χ3n) is 3.11. The van der Waals surface area contributed by atoms with Gasteiger partial charge in [0.15, 0.2) is 0 Å². The van der Waals surface area contributed by atoms with Crippen LogP contribution >= 0.6 is 15.9 Å². The molecule has 2 atom stereocenters. The fraction of sp³-hybridized carbons (Fsp3) is 0.500. The van der Waals surface area contributed by atoms with Crippen LogP contribution in [0.3, 0.4) is 0 Å². The van der Waals surface area contributed by atoms with Gasteiger partial charge in [-0.2, -0.15) is 0 Å². The minimum Gasteiger partial charge on any atom is -0.496 e. The van der Waals surface area contributed by atoms with Crippen LogP contribution in [-0.2, 0) is 0 Å². The molecule has 0 radical (unpaired) electrons. The second kappa shape index (κ2) is 4.14. The number of halogens is 1. The Morgan fingerprint density at radius 1 is 1.33 bits per heavy atom. The molecule has 0 bridgehead atoms. The van der Waals surface area contributed by atoms with Gasteiger partial charge in [0, 0.05) is 15.6 Å². The number of aliphatic hydroxyl groups is 1. The first kappa shape index (κ1) is 11.0. The van der Waals surface area contributed by atoms with Crippen LogP contribution in [0.2, 0.25) is 0 Å². The minimum absolute atomic E-state index is 0.360. The lowest BCUT2D eigenvalue weighted by Gasteiger charge is -2.29. The number of methoxy groups -OCH3 is 1. The minimum atomic E-state index is -0.360. The van der Waals surface area contributed by atoms with E-state index in [1.54, 1.807) is 7.11 Å². The molecule has 0 saturated carbocycles. The Kier molecular flexibility index (Phi) is 3.03. The van der Waals surface area contributed by atoms with Gasteiger partial charge in [0.2, 0.25) is 0 Å². The molecule has 1 aliphatic carbocycles. The highest BCUT2D eigenvalue weighted by Crippen LogP contribution is 2.45. The lowest BCUT2D eigenvalue weighted by molar-refractivity contribution is 0.149. The predicted molar refractivity (Wildman–Crippen MR) is 63.3 cm³/mol. The van der Waals surface area contributed by atoms with Gasteiger partial charge in [-0.25, -0.2) is 0 Å². The molecule has 0 spiro atoms. The second-order valence-electron chi connectivity index (χ2n) is 4.07. The van der Waals surface area contributed by atoms with Crippen molar-refractivity contribution in [2.24, 2.45) is 0 Å². The first-order valence-electron chi connectivity index (χ1n) is 5.19. The third-order valence-corrected chi connectivity index (χ3v) is 3.80. The van der Waals surface area contributed by atoms with Gasteiger partial charge < -0.3 is 9.84 Å². The van der Waals surface area contributed by atoms with Crippen molar-refractivity contribution >= 4 is 15.9 Å². The van der Waals surface area contributed by atoms with Crippen molar-refractivity contribution in [3.8, 4) is 5.75 Å². The van der Waals surface area contributed by atoms with E-state index in [4.69, 9.17) is 4.74 Å². The van der Waals surface area contributed by atoms with E-state index in [2.05, 4.69) is 22.9 Å². The molecule has 0 fully saturated rings. The van der Waals surface area contributed by atoms with E-state index in [0.29, 0.717) is 5.92 Å². The Morgan fingerprint density at radius 3 is 2.73 bits per heavy atom. The summed E-state index contributed by atoms with van der Waals surface area (Å²) in [6.45, 7) is 2.18. The summed E-state index contributed by atoms with van der Waals surface area (Å²) in [5.74, 6) is 1.34. The van der Waals surface area contributed by atoms with Crippen molar-refractivity contribution < 1.29 is 9.84 Å². The zero-order valence-electron chi connectivity index (χ0n) is 8.96. The van der Waals surface area contributed by atoms with Gasteiger partial charge in [-0.1, -0.05) is 22.9 Å². The fourth-order valence-electron chi connectivity index (χ4n) is 2.31. The predicted octanol–water partition coefficient (Wildman–Crippen LogP) is 3.39. The number of ether oxygens (including phenoxy) is 1. The Hall–Kier alpha value is -0.540. The van der Waals surface area contributed by atoms with Crippen molar-refractivity contribution in [3.05, 3.63) is 27.7 Å². The molecular formula is C12H15BrO2. The summed E-state index contributed by atoms with van der Waals surface area (Å²) < 4.78 is 6.34. The highest BCUT2D eigenvalue weighted by Gasteiger charge is 2.28. The van der Waals surface area contributed by atoms with Gasteiger partial charge in [0.1, 0.15) is 5.75 Å². The average molecular weight is 271 g/mol. The molecule has 2 nitrogen and oxygen atoms in total. The molecule has 0 saturated heterocycles. The van der Waals surface area contributed by atoms with Crippen LogP contribution in [0, 0.1) is 0 Å². The van der Waals surface area contributed by atoms with Crippen molar-refractivity contribution in [1.82, 2.24) is 0 Å². The lowest BCUT2D eigenvalue weighted by Crippen LogP contribution is -2.14. The standard InChI is InChI=1S/C12H15BrO2/c1-7-3-5-9(14)12-8(13)4-6-10(15-2)11(7)12/h4,6-7,9,14H,3,5H2,1-2H3/t7?,9-/m1/s1. The van der Waals surface area contributed by atoms with Gasteiger partial charge in [-0.15, -0.1) is 0 Å². The van der Waals surface area contributed by atoms with E-state index in [-0.39, 0.29) is 6.10 Å². The van der Waals surface area contributed by atoms with E-state index < -0.39 is 0 Å². The zero-order chi connectivity index (χ0) is 11.0. The van der Waals surface area contributed by atoms with Gasteiger partial charge in [0.05, 0.1) is 13.2 Å². The summed E-state index contributed by atoms with van der Waals surface area (Å²) in [4.78, 5) is 0. The second-order valence-corrected chi connectivity index (χ2v) is 4.93. The molecule has 1 unspecified atom stereocenters. The first-order valence-corrected chi connectivity index (χ1v) is 5.98. The van der Waals surface area contributed by atoms with E-state index in [1.807, 2.05) is 12.1 Å². The molecule has 15 heavy (non-hydrogen) atoms. The maximum atomic E-state index is 9.99. The SMILES string of the molecule is COc1ccc(Br)c2c1C(C)CC[C@H]2O. The van der Waals surface area contributed by atoms with Crippen LogP contribution in [0.15, 0.2) is 16.6 Å². The normalized spacial score (nSPS) is 24.8. The van der Waals surface area contributed by atoms with E-state index in [1.165, 1.54) is 0 Å². The lowest BCUT2D eigenvalue weighted by atomic mass is 9.82. The average Bonchev–Trinajstić information content (AvgIpc) is 2.23. The Bertz CT molecular complexity index is 376. The molecule has 0 aliphatic heterocycles. The molecule has 0 amide bonds. The summed E-state index contributed by atoms with van der Waals surface area (Å²) in [5.41, 5.74) is 2.17. The summed E-state index contributed by atoms with van der Waals surface area (Å²) in [6, 6.07) is 3.90. The summed E-state index contributed by atoms with van der Waals surface area (Å²) in [7, 11) is 1.68. The van der Waals surface area contributed by atoms with Crippen molar-refractivity contribution in [1.29, 1.82) is 0 Å². The summed E-state index contributed by atoms with van der Waals surface area (Å²) in [5, 5.41) is 9.99. The maximum Gasteiger partial charge on any atom is 0.122 e. The van der Waals surface area contributed by atoms with Gasteiger partial charge >= 0.3 is 0 Å². The molecular weight excluding hydrogens is 256 g/mol. The maximum absolute atomic E-state index is 9.99. The molecule has 0 aromatic heterocycles. The monoisotopic (exact) mass is 270 g/mol. The Labute approximate surface area is 98.4 Å². The van der Waals surface area contributed by atoms with Crippen molar-refractivity contribution in [2.75, 3.05) is 7.11 Å². The van der Waals surface area contributed by atoms with E-state index in [9.17, 15) is 5.11 Å². The highest BCUT2D eigenvalue weighted by atomic mass is 79.9. The van der Waals surface area contributed by atoms with Gasteiger partial charge in [-0.3, -0.25) is 0 Å². The molecule has 1 N–H and O–H groups in total. The zero-order valence-corrected chi connectivity index (χ0v) is 10.5. The number of rotatable bonds is 1. The molecule has 82 valence electrons. The number of hydrogen-bond donors (Lipinski definition) is 1. The number of benzene rings is 1. The van der Waals surface area contributed by atoms with Crippen LogP contribution in [0.25, 0.3) is 0 Å². The highest BCUT2D eigenvalue weighted by molar-refractivity contribution is 9.10. The molecule has 0 heterocycles. The number of aliphatic hydroxyl groups excluding tert-OH is 1.